The van der Waals surface area contributed by atoms with Gasteiger partial charge in [-0.3, -0.25) is 4.79 Å². The molecule has 4 aromatic rings. The summed E-state index contributed by atoms with van der Waals surface area (Å²) in [5.41, 5.74) is 2.27. The minimum absolute atomic E-state index is 0.00419. The largest absolute Gasteiger partial charge is 0.383 e. The van der Waals surface area contributed by atoms with E-state index in [9.17, 15) is 13.2 Å². The lowest BCUT2D eigenvalue weighted by molar-refractivity contribution is 0.0680. The number of hydrogen-bond acceptors (Lipinski definition) is 6. The lowest BCUT2D eigenvalue weighted by atomic mass is 10.2. The smallest absolute Gasteiger partial charge is 0.264 e. The summed E-state index contributed by atoms with van der Waals surface area (Å²) >= 11 is 1.37. The molecule has 1 amide bonds. The number of carbonyl (C=O) groups is 1. The van der Waals surface area contributed by atoms with Crippen LogP contribution in [0.5, 0.6) is 0 Å². The molecule has 2 aromatic carbocycles. The summed E-state index contributed by atoms with van der Waals surface area (Å²) in [6, 6.07) is 22.3. The van der Waals surface area contributed by atoms with Gasteiger partial charge in [-0.25, -0.2) is 13.4 Å². The molecule has 0 spiro atoms. The topological polar surface area (TPSA) is 81.5 Å². The zero-order valence-corrected chi connectivity index (χ0v) is 21.0. The molecule has 4 rings (SSSR count). The first-order valence-corrected chi connectivity index (χ1v) is 13.7. The number of ether oxygens (including phenoxy) is 1. The molecule has 35 heavy (non-hydrogen) atoms. The predicted octanol–water partition coefficient (Wildman–Crippen LogP) is 4.26. The Morgan fingerprint density at radius 1 is 1.00 bits per heavy atom. The first-order valence-electron chi connectivity index (χ1n) is 11.1. The minimum Gasteiger partial charge on any atom is -0.383 e. The number of nitrogens with zero attached hydrogens (tertiary/aromatic N) is 3. The molecule has 0 bridgehead atoms. The predicted molar refractivity (Wildman–Crippen MR) is 136 cm³/mol. The van der Waals surface area contributed by atoms with Crippen molar-refractivity contribution in [3.63, 3.8) is 0 Å². The van der Waals surface area contributed by atoms with Crippen LogP contribution in [0.15, 0.2) is 89.5 Å². The summed E-state index contributed by atoms with van der Waals surface area (Å²) in [7, 11) is -2.15. The number of aromatic nitrogens is 2. The lowest BCUT2D eigenvalue weighted by Gasteiger charge is -2.23. The summed E-state index contributed by atoms with van der Waals surface area (Å²) in [5, 5.41) is 1.85. The van der Waals surface area contributed by atoms with Gasteiger partial charge in [-0.15, -0.1) is 11.3 Å². The van der Waals surface area contributed by atoms with Crippen LogP contribution in [0, 0.1) is 0 Å². The highest BCUT2D eigenvalue weighted by Gasteiger charge is 2.26. The van der Waals surface area contributed by atoms with Gasteiger partial charge in [0.1, 0.15) is 0 Å². The van der Waals surface area contributed by atoms with Gasteiger partial charge in [-0.05, 0) is 22.6 Å². The number of amides is 1. The molecule has 7 nitrogen and oxygen atoms in total. The number of imidazole rings is 1. The molecule has 0 fully saturated rings. The Labute approximate surface area is 209 Å². The third-order valence-electron chi connectivity index (χ3n) is 5.50. The monoisotopic (exact) mass is 509 g/mol. The van der Waals surface area contributed by atoms with Gasteiger partial charge in [0.15, 0.2) is 0 Å². The van der Waals surface area contributed by atoms with Gasteiger partial charge in [-0.2, -0.15) is 0 Å². The Kier molecular flexibility index (Phi) is 8.12. The summed E-state index contributed by atoms with van der Waals surface area (Å²) in [4.78, 5) is 19.8. The second-order valence-electron chi connectivity index (χ2n) is 8.05. The Bertz CT molecular complexity index is 1340. The number of benzene rings is 2. The number of carbonyl (C=O) groups excluding carboxylic acids is 1. The number of hydrogen-bond donors (Lipinski definition) is 0. The molecule has 0 saturated heterocycles. The molecule has 0 atom stereocenters. The normalized spacial score (nSPS) is 11.5. The van der Waals surface area contributed by atoms with Crippen molar-refractivity contribution in [1.82, 2.24) is 14.5 Å². The zero-order chi connectivity index (χ0) is 24.7. The van der Waals surface area contributed by atoms with Gasteiger partial charge < -0.3 is 14.2 Å². The second-order valence-corrected chi connectivity index (χ2v) is 10.9. The van der Waals surface area contributed by atoms with E-state index in [1.807, 2.05) is 60.0 Å². The van der Waals surface area contributed by atoms with E-state index in [1.165, 1.54) is 11.3 Å². The Balaban J connectivity index is 1.70. The summed E-state index contributed by atoms with van der Waals surface area (Å²) in [5.74, 6) is -0.279. The number of rotatable bonds is 11. The van der Waals surface area contributed by atoms with Crippen molar-refractivity contribution in [2.24, 2.45) is 0 Å². The lowest BCUT2D eigenvalue weighted by Crippen LogP contribution is -2.34. The Morgan fingerprint density at radius 2 is 1.69 bits per heavy atom. The highest BCUT2D eigenvalue weighted by Crippen LogP contribution is 2.22. The second kappa shape index (κ2) is 11.4. The molecule has 9 heteroatoms. The maximum absolute atomic E-state index is 13.4. The molecule has 0 radical (unpaired) electrons. The van der Waals surface area contributed by atoms with Gasteiger partial charge in [0.05, 0.1) is 42.2 Å². The quantitative estimate of drug-likeness (QED) is 0.302. The van der Waals surface area contributed by atoms with Gasteiger partial charge in [0, 0.05) is 13.7 Å². The van der Waals surface area contributed by atoms with E-state index in [1.54, 1.807) is 41.0 Å². The highest BCUT2D eigenvalue weighted by atomic mass is 32.2. The highest BCUT2D eigenvalue weighted by molar-refractivity contribution is 7.90. The fourth-order valence-corrected chi connectivity index (χ4v) is 5.95. The maximum Gasteiger partial charge on any atom is 0.264 e. The van der Waals surface area contributed by atoms with Crippen LogP contribution < -0.4 is 0 Å². The van der Waals surface area contributed by atoms with Crippen LogP contribution in [0.25, 0.3) is 0 Å². The molecule has 0 N–H and O–H groups in total. The number of thiophene rings is 1. The Hall–Kier alpha value is -3.27. The Morgan fingerprint density at radius 3 is 2.31 bits per heavy atom. The van der Waals surface area contributed by atoms with Gasteiger partial charge in [-0.1, -0.05) is 66.7 Å². The van der Waals surface area contributed by atoms with E-state index in [0.29, 0.717) is 35.8 Å². The minimum atomic E-state index is -3.73. The van der Waals surface area contributed by atoms with Gasteiger partial charge in [0.2, 0.25) is 15.0 Å². The fourth-order valence-electron chi connectivity index (χ4n) is 3.77. The van der Waals surface area contributed by atoms with Crippen LogP contribution in [0.1, 0.15) is 26.5 Å². The van der Waals surface area contributed by atoms with Crippen molar-refractivity contribution in [3.05, 3.63) is 106 Å². The maximum atomic E-state index is 13.4. The van der Waals surface area contributed by atoms with Crippen LogP contribution in [0.4, 0.5) is 0 Å². The molecule has 182 valence electrons. The van der Waals surface area contributed by atoms with E-state index in [0.717, 1.165) is 5.56 Å². The standard InChI is InChI=1S/C26H27N3O4S2/c1-33-15-14-28(25(30)24-13-8-16-34-24)19-23-17-27-26(29(23)18-21-9-4-2-5-10-21)35(31,32)20-22-11-6-3-7-12-22/h2-13,16-17H,14-15,18-20H2,1H3. The first kappa shape index (κ1) is 24.8. The van der Waals surface area contributed by atoms with Crippen molar-refractivity contribution in [2.45, 2.75) is 24.0 Å². The molecule has 0 saturated carbocycles. The molecule has 0 unspecified atom stereocenters. The SMILES string of the molecule is COCCN(Cc1cnc(S(=O)(=O)Cc2ccccc2)n1Cc1ccccc1)C(=O)c1cccs1. The van der Waals surface area contributed by atoms with Crippen molar-refractivity contribution in [1.29, 1.82) is 0 Å². The third-order valence-corrected chi connectivity index (χ3v) is 7.95. The van der Waals surface area contributed by atoms with E-state index in [4.69, 9.17) is 4.74 Å². The average Bonchev–Trinajstić information content (AvgIpc) is 3.53. The zero-order valence-electron chi connectivity index (χ0n) is 19.4. The fraction of sp³-hybridized carbons (Fsp3) is 0.231. The molecular weight excluding hydrogens is 482 g/mol. The summed E-state index contributed by atoms with van der Waals surface area (Å²) in [6.07, 6.45) is 1.56. The van der Waals surface area contributed by atoms with Gasteiger partial charge in [0.25, 0.3) is 5.91 Å². The first-order chi connectivity index (χ1) is 17.0. The van der Waals surface area contributed by atoms with Crippen LogP contribution in [0.3, 0.4) is 0 Å². The third kappa shape index (κ3) is 6.25. The van der Waals surface area contributed by atoms with E-state index in [2.05, 4.69) is 4.98 Å². The van der Waals surface area contributed by atoms with E-state index >= 15 is 0 Å². The van der Waals surface area contributed by atoms with Crippen molar-refractivity contribution in [2.75, 3.05) is 20.3 Å². The number of sulfone groups is 1. The molecule has 0 aliphatic rings. The van der Waals surface area contributed by atoms with Crippen molar-refractivity contribution >= 4 is 27.1 Å². The van der Waals surface area contributed by atoms with Crippen molar-refractivity contribution in [3.8, 4) is 0 Å². The summed E-state index contributed by atoms with van der Waals surface area (Å²) < 4.78 is 33.8. The van der Waals surface area contributed by atoms with Crippen LogP contribution in [-0.2, 0) is 33.4 Å². The average molecular weight is 510 g/mol. The van der Waals surface area contributed by atoms with Crippen molar-refractivity contribution < 1.29 is 17.9 Å². The van der Waals surface area contributed by atoms with Crippen LogP contribution in [-0.4, -0.2) is 49.0 Å². The molecule has 0 aliphatic heterocycles. The molecule has 2 heterocycles. The molecule has 2 aromatic heterocycles. The van der Waals surface area contributed by atoms with Crippen LogP contribution >= 0.6 is 11.3 Å². The molecular formula is C26H27N3O4S2. The van der Waals surface area contributed by atoms with E-state index in [-0.39, 0.29) is 23.4 Å². The van der Waals surface area contributed by atoms with Crippen LogP contribution in [0.2, 0.25) is 0 Å². The van der Waals surface area contributed by atoms with E-state index < -0.39 is 9.84 Å². The van der Waals surface area contributed by atoms with Gasteiger partial charge >= 0.3 is 0 Å². The summed E-state index contributed by atoms with van der Waals surface area (Å²) in [6.45, 7) is 1.27. The number of methoxy groups -OCH3 is 1. The molecule has 0 aliphatic carbocycles.